The summed E-state index contributed by atoms with van der Waals surface area (Å²) >= 11 is 2.28. The van der Waals surface area contributed by atoms with Gasteiger partial charge >= 0.3 is 0 Å². The summed E-state index contributed by atoms with van der Waals surface area (Å²) in [6.07, 6.45) is 0. The van der Waals surface area contributed by atoms with Gasteiger partial charge < -0.3 is 10.1 Å². The van der Waals surface area contributed by atoms with Crippen molar-refractivity contribution >= 4 is 23.1 Å². The average molecular weight is 401 g/mol. The number of H-pyrrole nitrogens is 1. The lowest BCUT2D eigenvalue weighted by atomic mass is 10.0. The largest absolute Gasteiger partial charge is 0.503 e. The van der Waals surface area contributed by atoms with Crippen molar-refractivity contribution in [3.05, 3.63) is 68.3 Å². The molecule has 27 heavy (non-hydrogen) atoms. The van der Waals surface area contributed by atoms with E-state index in [4.69, 9.17) is 5.11 Å². The minimum absolute atomic E-state index is 0.0362. The second kappa shape index (κ2) is 7.62. The van der Waals surface area contributed by atoms with Gasteiger partial charge in [0.2, 0.25) is 0 Å². The molecule has 134 valence electrons. The highest BCUT2D eigenvalue weighted by molar-refractivity contribution is 7.98. The highest BCUT2D eigenvalue weighted by atomic mass is 32.2. The van der Waals surface area contributed by atoms with Crippen molar-refractivity contribution in [3.8, 4) is 28.3 Å². The molecular weight excluding hydrogens is 392 g/mol. The first-order valence-corrected chi connectivity index (χ1v) is 9.26. The fourth-order valence-electron chi connectivity index (χ4n) is 2.43. The maximum Gasteiger partial charge on any atom is 0.267 e. The Hall–Kier alpha value is -3.14. The van der Waals surface area contributed by atoms with E-state index < -0.39 is 22.9 Å². The van der Waals surface area contributed by atoms with Crippen molar-refractivity contribution in [2.75, 3.05) is 0 Å². The van der Waals surface area contributed by atoms with Crippen molar-refractivity contribution < 1.29 is 13.9 Å². The summed E-state index contributed by atoms with van der Waals surface area (Å²) in [5.74, 6) is -3.22. The van der Waals surface area contributed by atoms with Crippen LogP contribution in [0.15, 0.2) is 39.5 Å². The molecule has 2 N–H and O–H groups in total. The maximum absolute atomic E-state index is 13.5. The molecule has 3 aromatic rings. The van der Waals surface area contributed by atoms with E-state index in [1.54, 1.807) is 17.5 Å². The van der Waals surface area contributed by atoms with Crippen LogP contribution >= 0.6 is 23.1 Å². The van der Waals surface area contributed by atoms with E-state index in [1.807, 2.05) is 12.1 Å². The second-order valence-electron chi connectivity index (χ2n) is 5.31. The van der Waals surface area contributed by atoms with Gasteiger partial charge in [-0.3, -0.25) is 4.79 Å². The minimum Gasteiger partial charge on any atom is -0.503 e. The number of nitrogens with one attached hydrogen (secondary N) is 1. The van der Waals surface area contributed by atoms with Gasteiger partial charge in [0.15, 0.2) is 17.4 Å². The number of aromatic nitrogens is 1. The number of aromatic hydroxyl groups is 1. The molecule has 0 amide bonds. The van der Waals surface area contributed by atoms with Crippen LogP contribution < -0.4 is 5.56 Å². The predicted molar refractivity (Wildman–Crippen MR) is 97.4 cm³/mol. The summed E-state index contributed by atoms with van der Waals surface area (Å²) in [5.41, 5.74) is -0.243. The third kappa shape index (κ3) is 3.56. The summed E-state index contributed by atoms with van der Waals surface area (Å²) in [5, 5.41) is 30.0. The van der Waals surface area contributed by atoms with E-state index in [2.05, 4.69) is 4.98 Å². The van der Waals surface area contributed by atoms with Crippen LogP contribution in [-0.4, -0.2) is 10.1 Å². The van der Waals surface area contributed by atoms with Gasteiger partial charge in [0.25, 0.3) is 5.56 Å². The summed E-state index contributed by atoms with van der Waals surface area (Å²) in [4.78, 5) is 15.4. The van der Waals surface area contributed by atoms with Crippen LogP contribution in [0.3, 0.4) is 0 Å². The van der Waals surface area contributed by atoms with Crippen LogP contribution in [0, 0.1) is 34.3 Å². The molecular formula is C18H9F2N3O2S2. The van der Waals surface area contributed by atoms with Gasteiger partial charge in [0, 0.05) is 16.2 Å². The van der Waals surface area contributed by atoms with Crippen molar-refractivity contribution in [3.63, 3.8) is 0 Å². The molecule has 0 saturated heterocycles. The Kier molecular flexibility index (Phi) is 5.26. The molecule has 0 bridgehead atoms. The first-order valence-electron chi connectivity index (χ1n) is 7.40. The van der Waals surface area contributed by atoms with Crippen LogP contribution in [0.4, 0.5) is 8.78 Å². The molecule has 0 saturated carbocycles. The quantitative estimate of drug-likeness (QED) is 0.641. The van der Waals surface area contributed by atoms with Crippen LogP contribution in [0.25, 0.3) is 10.4 Å². The summed E-state index contributed by atoms with van der Waals surface area (Å²) < 4.78 is 27.0. The lowest BCUT2D eigenvalue weighted by Crippen LogP contribution is -2.14. The van der Waals surface area contributed by atoms with Gasteiger partial charge in [0.05, 0.1) is 10.6 Å². The van der Waals surface area contributed by atoms with Crippen molar-refractivity contribution in [2.45, 2.75) is 10.8 Å². The number of nitriles is 2. The number of benzene rings is 1. The molecule has 1 aromatic carbocycles. The van der Waals surface area contributed by atoms with Crippen LogP contribution in [-0.2, 0) is 5.75 Å². The zero-order chi connectivity index (χ0) is 19.6. The highest BCUT2D eigenvalue weighted by Crippen LogP contribution is 2.35. The minimum atomic E-state index is -1.10. The van der Waals surface area contributed by atoms with Gasteiger partial charge in [0.1, 0.15) is 17.7 Å². The zero-order valence-electron chi connectivity index (χ0n) is 13.4. The molecule has 5 nitrogen and oxygen atoms in total. The highest BCUT2D eigenvalue weighted by Gasteiger charge is 2.20. The molecule has 3 rings (SSSR count). The van der Waals surface area contributed by atoms with Gasteiger partial charge in [-0.1, -0.05) is 6.07 Å². The fourth-order valence-corrected chi connectivity index (χ4v) is 4.14. The zero-order valence-corrected chi connectivity index (χ0v) is 15.0. The molecule has 0 atom stereocenters. The number of thiophene rings is 1. The first-order chi connectivity index (χ1) is 13.0. The second-order valence-corrected chi connectivity index (χ2v) is 7.24. The normalized spacial score (nSPS) is 10.4. The third-order valence-electron chi connectivity index (χ3n) is 3.63. The van der Waals surface area contributed by atoms with E-state index in [1.165, 1.54) is 11.3 Å². The molecule has 0 spiro atoms. The number of rotatable bonds is 4. The number of thioether (sulfide) groups is 1. The van der Waals surface area contributed by atoms with Gasteiger partial charge in [-0.25, -0.2) is 8.78 Å². The van der Waals surface area contributed by atoms with Crippen molar-refractivity contribution in [2.24, 2.45) is 0 Å². The van der Waals surface area contributed by atoms with Crippen molar-refractivity contribution in [1.82, 2.24) is 4.98 Å². The summed E-state index contributed by atoms with van der Waals surface area (Å²) in [6, 6.07) is 9.20. The first kappa shape index (κ1) is 18.6. The molecule has 0 radical (unpaired) electrons. The summed E-state index contributed by atoms with van der Waals surface area (Å²) in [7, 11) is 0. The van der Waals surface area contributed by atoms with Gasteiger partial charge in [-0.15, -0.1) is 23.1 Å². The topological polar surface area (TPSA) is 101 Å². The van der Waals surface area contributed by atoms with E-state index in [9.17, 15) is 24.1 Å². The van der Waals surface area contributed by atoms with Crippen molar-refractivity contribution in [1.29, 1.82) is 10.5 Å². The number of hydrogen-bond acceptors (Lipinski definition) is 6. The Morgan fingerprint density at radius 3 is 2.41 bits per heavy atom. The smallest absolute Gasteiger partial charge is 0.267 e. The molecule has 2 heterocycles. The van der Waals surface area contributed by atoms with E-state index in [0.717, 1.165) is 23.9 Å². The number of phenols is 1. The van der Waals surface area contributed by atoms with E-state index >= 15 is 0 Å². The molecule has 0 unspecified atom stereocenters. The number of pyridine rings is 1. The van der Waals surface area contributed by atoms with Gasteiger partial charge in [-0.2, -0.15) is 10.5 Å². The van der Waals surface area contributed by atoms with Crippen LogP contribution in [0.5, 0.6) is 5.75 Å². The number of aromatic amines is 1. The molecule has 0 aliphatic carbocycles. The summed E-state index contributed by atoms with van der Waals surface area (Å²) in [6.45, 7) is 0. The lowest BCUT2D eigenvalue weighted by molar-refractivity contribution is 0.395. The average Bonchev–Trinajstić information content (AvgIpc) is 3.17. The molecule has 9 heteroatoms. The standard InChI is InChI=1S/C18H9F2N3O2S2/c19-12-4-9(5-13(20)16(12)24)8-27-18-11(7-22)15(14-2-1-3-26-14)10(6-21)17(25)23-18/h1-5,24H,8H2,(H,23,25). The monoisotopic (exact) mass is 401 g/mol. The lowest BCUT2D eigenvalue weighted by Gasteiger charge is -2.10. The Morgan fingerprint density at radius 1 is 1.19 bits per heavy atom. The van der Waals surface area contributed by atoms with Gasteiger partial charge in [-0.05, 0) is 29.1 Å². The number of halogens is 2. The number of phenolic OH excluding ortho intramolecular Hbond substituents is 1. The number of hydrogen-bond donors (Lipinski definition) is 2. The Morgan fingerprint density at radius 2 is 1.85 bits per heavy atom. The third-order valence-corrected chi connectivity index (χ3v) is 5.59. The SMILES string of the molecule is N#Cc1c(SCc2cc(F)c(O)c(F)c2)[nH]c(=O)c(C#N)c1-c1cccs1. The Labute approximate surface area is 160 Å². The molecule has 2 aromatic heterocycles. The Balaban J connectivity index is 2.06. The van der Waals surface area contributed by atoms with Crippen LogP contribution in [0.2, 0.25) is 0 Å². The number of nitrogens with zero attached hydrogens (tertiary/aromatic N) is 2. The predicted octanol–water partition coefficient (Wildman–Crippen LogP) is 4.12. The Bertz CT molecular complexity index is 1140. The van der Waals surface area contributed by atoms with E-state index in [-0.39, 0.29) is 33.0 Å². The molecule has 0 aliphatic rings. The van der Waals surface area contributed by atoms with Crippen LogP contribution in [0.1, 0.15) is 16.7 Å². The molecule has 0 fully saturated rings. The fraction of sp³-hybridized carbons (Fsp3) is 0.0556. The van der Waals surface area contributed by atoms with E-state index in [0.29, 0.717) is 4.88 Å². The molecule has 0 aliphatic heterocycles. The maximum atomic E-state index is 13.5.